The van der Waals surface area contributed by atoms with Gasteiger partial charge in [-0.1, -0.05) is 41.9 Å². The molecule has 2 N–H and O–H groups in total. The lowest BCUT2D eigenvalue weighted by Gasteiger charge is -2.32. The SMILES string of the molecule is COc1ccc(Cl)c(-c2cccc3c(C(=O)N4CCCC(CN)C4)cccc23)c1.Cl. The smallest absolute Gasteiger partial charge is 0.254 e. The molecule has 0 radical (unpaired) electrons. The summed E-state index contributed by atoms with van der Waals surface area (Å²) in [5.74, 6) is 1.20. The third kappa shape index (κ3) is 4.27. The molecule has 1 aliphatic rings. The predicted molar refractivity (Wildman–Crippen MR) is 126 cm³/mol. The van der Waals surface area contributed by atoms with Crippen LogP contribution < -0.4 is 10.5 Å². The van der Waals surface area contributed by atoms with Crippen molar-refractivity contribution in [1.82, 2.24) is 4.90 Å². The minimum absolute atomic E-state index is 0. The van der Waals surface area contributed by atoms with Gasteiger partial charge in [-0.15, -0.1) is 12.4 Å². The first-order valence-corrected chi connectivity index (χ1v) is 10.3. The number of ether oxygens (including phenoxy) is 1. The van der Waals surface area contributed by atoms with E-state index in [1.165, 1.54) is 0 Å². The second-order valence-electron chi connectivity index (χ2n) is 7.55. The van der Waals surface area contributed by atoms with Crippen molar-refractivity contribution in [3.8, 4) is 16.9 Å². The number of benzene rings is 3. The number of fused-ring (bicyclic) bond motifs is 1. The Labute approximate surface area is 188 Å². The zero-order valence-electron chi connectivity index (χ0n) is 16.9. The highest BCUT2D eigenvalue weighted by molar-refractivity contribution is 6.34. The van der Waals surface area contributed by atoms with Crippen LogP contribution in [-0.2, 0) is 0 Å². The minimum atomic E-state index is 0. The number of likely N-dealkylation sites (tertiary alicyclic amines) is 1. The van der Waals surface area contributed by atoms with Crippen LogP contribution in [0.15, 0.2) is 54.6 Å². The normalized spacial score (nSPS) is 16.2. The number of halogens is 2. The predicted octanol–water partition coefficient (Wildman–Crippen LogP) is 5.40. The van der Waals surface area contributed by atoms with E-state index in [4.69, 9.17) is 22.1 Å². The van der Waals surface area contributed by atoms with Gasteiger partial charge in [0, 0.05) is 29.2 Å². The Morgan fingerprint density at radius 3 is 2.67 bits per heavy atom. The summed E-state index contributed by atoms with van der Waals surface area (Å²) in [6.45, 7) is 2.14. The number of amides is 1. The Morgan fingerprint density at radius 1 is 1.13 bits per heavy atom. The maximum atomic E-state index is 13.3. The van der Waals surface area contributed by atoms with Crippen molar-refractivity contribution in [3.63, 3.8) is 0 Å². The van der Waals surface area contributed by atoms with Crippen LogP contribution in [0.4, 0.5) is 0 Å². The lowest BCUT2D eigenvalue weighted by Crippen LogP contribution is -2.42. The van der Waals surface area contributed by atoms with E-state index >= 15 is 0 Å². The van der Waals surface area contributed by atoms with E-state index in [1.54, 1.807) is 7.11 Å². The highest BCUT2D eigenvalue weighted by Gasteiger charge is 2.25. The Balaban J connectivity index is 0.00000256. The van der Waals surface area contributed by atoms with Gasteiger partial charge in [-0.25, -0.2) is 0 Å². The van der Waals surface area contributed by atoms with Crippen LogP contribution in [0.25, 0.3) is 21.9 Å². The van der Waals surface area contributed by atoms with Crippen LogP contribution in [0, 0.1) is 5.92 Å². The van der Waals surface area contributed by atoms with Gasteiger partial charge in [0.25, 0.3) is 5.91 Å². The van der Waals surface area contributed by atoms with Gasteiger partial charge in [0.15, 0.2) is 0 Å². The Bertz CT molecular complexity index is 1050. The van der Waals surface area contributed by atoms with Gasteiger partial charge < -0.3 is 15.4 Å². The summed E-state index contributed by atoms with van der Waals surface area (Å²) in [7, 11) is 1.64. The Kier molecular flexibility index (Phi) is 7.24. The summed E-state index contributed by atoms with van der Waals surface area (Å²) in [6, 6.07) is 17.5. The molecule has 1 aliphatic heterocycles. The second kappa shape index (κ2) is 9.69. The van der Waals surface area contributed by atoms with Gasteiger partial charge >= 0.3 is 0 Å². The van der Waals surface area contributed by atoms with Crippen LogP contribution in [0.3, 0.4) is 0 Å². The zero-order chi connectivity index (χ0) is 20.4. The first-order chi connectivity index (χ1) is 14.1. The molecule has 0 saturated carbocycles. The molecule has 3 aromatic carbocycles. The third-order valence-electron chi connectivity index (χ3n) is 5.76. The topological polar surface area (TPSA) is 55.6 Å². The molecule has 3 aromatic rings. The molecule has 1 fully saturated rings. The van der Waals surface area contributed by atoms with Gasteiger partial charge in [-0.05, 0) is 65.9 Å². The van der Waals surface area contributed by atoms with E-state index in [0.29, 0.717) is 17.5 Å². The van der Waals surface area contributed by atoms with Crippen LogP contribution in [0.5, 0.6) is 5.75 Å². The lowest BCUT2D eigenvalue weighted by molar-refractivity contribution is 0.0680. The molecule has 1 amide bonds. The van der Waals surface area contributed by atoms with Crippen molar-refractivity contribution in [2.24, 2.45) is 11.7 Å². The summed E-state index contributed by atoms with van der Waals surface area (Å²) in [4.78, 5) is 15.3. The largest absolute Gasteiger partial charge is 0.497 e. The van der Waals surface area contributed by atoms with E-state index in [9.17, 15) is 4.79 Å². The maximum absolute atomic E-state index is 13.3. The van der Waals surface area contributed by atoms with Crippen molar-refractivity contribution >= 4 is 40.7 Å². The molecule has 1 heterocycles. The molecular formula is C24H26Cl2N2O2. The third-order valence-corrected chi connectivity index (χ3v) is 6.09. The standard InChI is InChI=1S/C24H25ClN2O2.ClH/c1-29-17-10-11-23(25)22(13-17)20-8-2-7-19-18(20)6-3-9-21(19)24(28)27-12-4-5-16(14-26)15-27;/h2-3,6-11,13,16H,4-5,12,14-15,26H2,1H3;1H. The molecule has 0 aliphatic carbocycles. The molecule has 0 aromatic heterocycles. The maximum Gasteiger partial charge on any atom is 0.254 e. The number of nitrogens with two attached hydrogens (primary N) is 1. The molecule has 1 atom stereocenters. The fourth-order valence-corrected chi connectivity index (χ4v) is 4.40. The van der Waals surface area contributed by atoms with E-state index in [-0.39, 0.29) is 18.3 Å². The van der Waals surface area contributed by atoms with Crippen molar-refractivity contribution in [2.75, 3.05) is 26.7 Å². The fourth-order valence-electron chi connectivity index (χ4n) is 4.18. The van der Waals surface area contributed by atoms with Crippen LogP contribution in [-0.4, -0.2) is 37.6 Å². The number of piperidine rings is 1. The second-order valence-corrected chi connectivity index (χ2v) is 7.95. The molecule has 1 unspecified atom stereocenters. The number of methoxy groups -OCH3 is 1. The molecule has 4 rings (SSSR count). The van der Waals surface area contributed by atoms with Gasteiger partial charge in [-0.3, -0.25) is 4.79 Å². The lowest BCUT2D eigenvalue weighted by atomic mass is 9.93. The number of carbonyl (C=O) groups is 1. The molecule has 6 heteroatoms. The van der Waals surface area contributed by atoms with E-state index in [0.717, 1.165) is 59.1 Å². The van der Waals surface area contributed by atoms with Crippen LogP contribution >= 0.6 is 24.0 Å². The summed E-state index contributed by atoms with van der Waals surface area (Å²) >= 11 is 6.50. The van der Waals surface area contributed by atoms with Crippen molar-refractivity contribution in [2.45, 2.75) is 12.8 Å². The van der Waals surface area contributed by atoms with E-state index in [2.05, 4.69) is 0 Å². The van der Waals surface area contributed by atoms with Crippen LogP contribution in [0.1, 0.15) is 23.2 Å². The summed E-state index contributed by atoms with van der Waals surface area (Å²) in [5.41, 5.74) is 8.46. The highest BCUT2D eigenvalue weighted by Crippen LogP contribution is 2.37. The molecular weight excluding hydrogens is 419 g/mol. The number of carbonyl (C=O) groups excluding carboxylic acids is 1. The summed E-state index contributed by atoms with van der Waals surface area (Å²) in [5, 5.41) is 2.58. The highest BCUT2D eigenvalue weighted by atomic mass is 35.5. The molecule has 1 saturated heterocycles. The Morgan fingerprint density at radius 2 is 1.90 bits per heavy atom. The zero-order valence-corrected chi connectivity index (χ0v) is 18.5. The number of hydrogen-bond donors (Lipinski definition) is 1. The number of nitrogens with zero attached hydrogens (tertiary/aromatic N) is 1. The van der Waals surface area contributed by atoms with E-state index in [1.807, 2.05) is 59.5 Å². The van der Waals surface area contributed by atoms with Crippen molar-refractivity contribution in [3.05, 3.63) is 65.2 Å². The minimum Gasteiger partial charge on any atom is -0.497 e. The van der Waals surface area contributed by atoms with Crippen molar-refractivity contribution in [1.29, 1.82) is 0 Å². The first-order valence-electron chi connectivity index (χ1n) is 9.97. The average molecular weight is 445 g/mol. The molecule has 158 valence electrons. The fraction of sp³-hybridized carbons (Fsp3) is 0.292. The molecule has 30 heavy (non-hydrogen) atoms. The number of rotatable bonds is 4. The van der Waals surface area contributed by atoms with Crippen molar-refractivity contribution < 1.29 is 9.53 Å². The summed E-state index contributed by atoms with van der Waals surface area (Å²) < 4.78 is 5.38. The monoisotopic (exact) mass is 444 g/mol. The van der Waals surface area contributed by atoms with Crippen LogP contribution in [0.2, 0.25) is 5.02 Å². The average Bonchev–Trinajstić information content (AvgIpc) is 2.78. The molecule has 0 spiro atoms. The first kappa shape index (κ1) is 22.4. The van der Waals surface area contributed by atoms with Gasteiger partial charge in [0.2, 0.25) is 0 Å². The molecule has 4 nitrogen and oxygen atoms in total. The number of hydrogen-bond acceptors (Lipinski definition) is 3. The molecule has 0 bridgehead atoms. The van der Waals surface area contributed by atoms with E-state index < -0.39 is 0 Å². The quantitative estimate of drug-likeness (QED) is 0.585. The van der Waals surface area contributed by atoms with Gasteiger partial charge in [0.05, 0.1) is 7.11 Å². The Hall–Kier alpha value is -2.27. The van der Waals surface area contributed by atoms with Gasteiger partial charge in [0.1, 0.15) is 5.75 Å². The summed E-state index contributed by atoms with van der Waals surface area (Å²) in [6.07, 6.45) is 2.09. The van der Waals surface area contributed by atoms with Gasteiger partial charge in [-0.2, -0.15) is 0 Å².